The van der Waals surface area contributed by atoms with Crippen molar-refractivity contribution in [3.63, 3.8) is 0 Å². The Bertz CT molecular complexity index is 815. The minimum Gasteiger partial charge on any atom is -0.323 e. The van der Waals surface area contributed by atoms with Gasteiger partial charge in [-0.1, -0.05) is 24.6 Å². The molecule has 0 spiro atoms. The van der Waals surface area contributed by atoms with Crippen LogP contribution in [0.15, 0.2) is 23.4 Å². The first-order valence-electron chi connectivity index (χ1n) is 8.85. The first-order chi connectivity index (χ1) is 12.4. The van der Waals surface area contributed by atoms with E-state index in [1.165, 1.54) is 30.7 Å². The third-order valence-corrected chi connectivity index (χ3v) is 5.95. The van der Waals surface area contributed by atoms with Crippen LogP contribution in [0.4, 0.5) is 14.5 Å². The molecule has 7 heteroatoms. The van der Waals surface area contributed by atoms with Gasteiger partial charge in [0.1, 0.15) is 11.6 Å². The maximum absolute atomic E-state index is 13.7. The molecule has 0 saturated heterocycles. The van der Waals surface area contributed by atoms with E-state index in [0.29, 0.717) is 6.04 Å². The normalized spacial score (nSPS) is 16.0. The summed E-state index contributed by atoms with van der Waals surface area (Å²) in [6.07, 6.45) is 4.69. The second-order valence-electron chi connectivity index (χ2n) is 6.75. The van der Waals surface area contributed by atoms with Gasteiger partial charge in [-0.15, -0.1) is 0 Å². The van der Waals surface area contributed by atoms with Crippen LogP contribution in [-0.2, 0) is 4.79 Å². The molecular weight excluding hydrogens is 356 g/mol. The number of nitrogens with one attached hydrogen (secondary N) is 1. The summed E-state index contributed by atoms with van der Waals surface area (Å²) in [5.41, 5.74) is 2.09. The Hall–Kier alpha value is -1.89. The highest BCUT2D eigenvalue weighted by molar-refractivity contribution is 8.00. The zero-order valence-electron chi connectivity index (χ0n) is 15.2. The molecule has 1 unspecified atom stereocenters. The van der Waals surface area contributed by atoms with Crippen LogP contribution in [0.2, 0.25) is 0 Å². The standard InChI is InChI=1S/C19H23F2N3OS/c1-11-12(2)24(15-6-4-5-7-15)19(22-11)26-13(3)18(25)23-17-9-8-14(20)10-16(17)21/h8-10,13,15H,4-7H2,1-3H3,(H,23,25). The molecule has 1 amide bonds. The Kier molecular flexibility index (Phi) is 5.65. The van der Waals surface area contributed by atoms with E-state index in [1.54, 1.807) is 6.92 Å². The van der Waals surface area contributed by atoms with Gasteiger partial charge < -0.3 is 9.88 Å². The molecule has 1 aromatic carbocycles. The summed E-state index contributed by atoms with van der Waals surface area (Å²) in [6, 6.07) is 3.54. The summed E-state index contributed by atoms with van der Waals surface area (Å²) in [5, 5.41) is 2.90. The van der Waals surface area contributed by atoms with E-state index in [9.17, 15) is 13.6 Å². The maximum Gasteiger partial charge on any atom is 0.237 e. The summed E-state index contributed by atoms with van der Waals surface area (Å²) < 4.78 is 29.0. The third kappa shape index (κ3) is 3.92. The molecule has 0 aliphatic heterocycles. The van der Waals surface area contributed by atoms with Crippen molar-refractivity contribution in [2.75, 3.05) is 5.32 Å². The zero-order chi connectivity index (χ0) is 18.8. The third-order valence-electron chi connectivity index (χ3n) is 4.88. The molecular formula is C19H23F2N3OS. The predicted octanol–water partition coefficient (Wildman–Crippen LogP) is 5.01. The molecule has 1 saturated carbocycles. The number of carbonyl (C=O) groups is 1. The Morgan fingerprint density at radius 3 is 2.65 bits per heavy atom. The van der Waals surface area contributed by atoms with E-state index in [-0.39, 0.29) is 11.6 Å². The van der Waals surface area contributed by atoms with Gasteiger partial charge in [-0.25, -0.2) is 13.8 Å². The molecule has 1 atom stereocenters. The number of aromatic nitrogens is 2. The Balaban J connectivity index is 1.74. The van der Waals surface area contributed by atoms with Crippen molar-refractivity contribution in [2.45, 2.75) is 62.9 Å². The van der Waals surface area contributed by atoms with Crippen LogP contribution in [0.3, 0.4) is 0 Å². The number of benzene rings is 1. The number of nitrogens with zero attached hydrogens (tertiary/aromatic N) is 2. The summed E-state index contributed by atoms with van der Waals surface area (Å²) in [6.45, 7) is 5.80. The molecule has 1 fully saturated rings. The van der Waals surface area contributed by atoms with Crippen molar-refractivity contribution in [2.24, 2.45) is 0 Å². The SMILES string of the molecule is Cc1nc(SC(C)C(=O)Nc2ccc(F)cc2F)n(C2CCCC2)c1C. The average Bonchev–Trinajstić information content (AvgIpc) is 3.19. The summed E-state index contributed by atoms with van der Waals surface area (Å²) in [4.78, 5) is 17.1. The number of halogens is 2. The highest BCUT2D eigenvalue weighted by atomic mass is 32.2. The van der Waals surface area contributed by atoms with Gasteiger partial charge in [0.2, 0.25) is 5.91 Å². The fourth-order valence-electron chi connectivity index (χ4n) is 3.31. The lowest BCUT2D eigenvalue weighted by atomic mass is 10.2. The van der Waals surface area contributed by atoms with E-state index >= 15 is 0 Å². The van der Waals surface area contributed by atoms with Gasteiger partial charge >= 0.3 is 0 Å². The van der Waals surface area contributed by atoms with Gasteiger partial charge in [0.25, 0.3) is 0 Å². The lowest BCUT2D eigenvalue weighted by Gasteiger charge is -2.18. The van der Waals surface area contributed by atoms with Crippen molar-refractivity contribution in [1.82, 2.24) is 9.55 Å². The van der Waals surface area contributed by atoms with Crippen LogP contribution in [0.25, 0.3) is 0 Å². The second kappa shape index (κ2) is 7.78. The fourth-order valence-corrected chi connectivity index (χ4v) is 4.38. The molecule has 26 heavy (non-hydrogen) atoms. The highest BCUT2D eigenvalue weighted by Crippen LogP contribution is 2.36. The summed E-state index contributed by atoms with van der Waals surface area (Å²) in [5.74, 6) is -1.79. The molecule has 1 aliphatic carbocycles. The quantitative estimate of drug-likeness (QED) is 0.743. The van der Waals surface area contributed by atoms with E-state index in [1.807, 2.05) is 6.92 Å². The second-order valence-corrected chi connectivity index (χ2v) is 8.05. The molecule has 0 bridgehead atoms. The zero-order valence-corrected chi connectivity index (χ0v) is 16.0. The minimum absolute atomic E-state index is 0.0182. The summed E-state index contributed by atoms with van der Waals surface area (Å²) >= 11 is 1.37. The monoisotopic (exact) mass is 379 g/mol. The number of anilines is 1. The molecule has 0 radical (unpaired) electrons. The maximum atomic E-state index is 13.7. The first kappa shape index (κ1) is 18.9. The number of amides is 1. The molecule has 1 aromatic heterocycles. The number of aryl methyl sites for hydroxylation is 1. The Morgan fingerprint density at radius 1 is 1.31 bits per heavy atom. The molecule has 1 aliphatic rings. The van der Waals surface area contributed by atoms with Gasteiger partial charge in [-0.05, 0) is 45.7 Å². The fraction of sp³-hybridized carbons (Fsp3) is 0.474. The Labute approximate surface area is 156 Å². The van der Waals surface area contributed by atoms with Crippen LogP contribution >= 0.6 is 11.8 Å². The van der Waals surface area contributed by atoms with Crippen molar-refractivity contribution in [1.29, 1.82) is 0 Å². The highest BCUT2D eigenvalue weighted by Gasteiger charge is 2.26. The average molecular weight is 379 g/mol. The predicted molar refractivity (Wildman–Crippen MR) is 99.5 cm³/mol. The van der Waals surface area contributed by atoms with Crippen LogP contribution in [0.5, 0.6) is 0 Å². The van der Waals surface area contributed by atoms with Crippen LogP contribution in [-0.4, -0.2) is 20.7 Å². The topological polar surface area (TPSA) is 46.9 Å². The van der Waals surface area contributed by atoms with E-state index in [2.05, 4.69) is 21.8 Å². The number of hydrogen-bond donors (Lipinski definition) is 1. The van der Waals surface area contributed by atoms with Gasteiger partial charge in [0.15, 0.2) is 5.16 Å². The van der Waals surface area contributed by atoms with Crippen LogP contribution in [0, 0.1) is 25.5 Å². The van der Waals surface area contributed by atoms with Gasteiger partial charge in [-0.3, -0.25) is 4.79 Å². The van der Waals surface area contributed by atoms with Crippen molar-refractivity contribution in [3.05, 3.63) is 41.2 Å². The molecule has 1 heterocycles. The van der Waals surface area contributed by atoms with Crippen molar-refractivity contribution >= 4 is 23.4 Å². The molecule has 2 aromatic rings. The van der Waals surface area contributed by atoms with Crippen LogP contribution in [0.1, 0.15) is 50.0 Å². The minimum atomic E-state index is -0.783. The van der Waals surface area contributed by atoms with E-state index < -0.39 is 16.9 Å². The van der Waals surface area contributed by atoms with Gasteiger partial charge in [0, 0.05) is 17.8 Å². The van der Waals surface area contributed by atoms with E-state index in [0.717, 1.165) is 41.5 Å². The van der Waals surface area contributed by atoms with E-state index in [4.69, 9.17) is 0 Å². The molecule has 1 N–H and O–H groups in total. The number of hydrogen-bond acceptors (Lipinski definition) is 3. The number of thioether (sulfide) groups is 1. The van der Waals surface area contributed by atoms with Crippen molar-refractivity contribution in [3.8, 4) is 0 Å². The summed E-state index contributed by atoms with van der Waals surface area (Å²) in [7, 11) is 0. The number of carbonyl (C=O) groups excluding carboxylic acids is 1. The molecule has 140 valence electrons. The molecule has 4 nitrogen and oxygen atoms in total. The first-order valence-corrected chi connectivity index (χ1v) is 9.72. The lowest BCUT2D eigenvalue weighted by molar-refractivity contribution is -0.115. The largest absolute Gasteiger partial charge is 0.323 e. The van der Waals surface area contributed by atoms with Crippen molar-refractivity contribution < 1.29 is 13.6 Å². The number of imidazole rings is 1. The molecule has 3 rings (SSSR count). The number of rotatable bonds is 5. The lowest BCUT2D eigenvalue weighted by Crippen LogP contribution is -2.23. The van der Waals surface area contributed by atoms with Gasteiger partial charge in [-0.2, -0.15) is 0 Å². The van der Waals surface area contributed by atoms with Gasteiger partial charge in [0.05, 0.1) is 16.6 Å². The van der Waals surface area contributed by atoms with Crippen LogP contribution < -0.4 is 5.32 Å². The Morgan fingerprint density at radius 2 is 2.00 bits per heavy atom. The smallest absolute Gasteiger partial charge is 0.237 e.